The minimum Gasteiger partial charge on any atom is -0.457 e. The molecule has 41 heavy (non-hydrogen) atoms. The lowest BCUT2D eigenvalue weighted by Crippen LogP contribution is -2.28. The van der Waals surface area contributed by atoms with Crippen molar-refractivity contribution in [2.75, 3.05) is 17.0 Å². The maximum absolute atomic E-state index is 14.3. The van der Waals surface area contributed by atoms with Crippen LogP contribution in [-0.4, -0.2) is 44.3 Å². The van der Waals surface area contributed by atoms with Gasteiger partial charge < -0.3 is 18.9 Å². The van der Waals surface area contributed by atoms with Crippen molar-refractivity contribution in [3.63, 3.8) is 0 Å². The number of nitrogens with zero attached hydrogens (tertiary/aromatic N) is 3. The molecular weight excluding hydrogens is 587 g/mol. The van der Waals surface area contributed by atoms with Crippen molar-refractivity contribution in [3.8, 4) is 11.6 Å². The molecule has 0 saturated carbocycles. The fourth-order valence-electron chi connectivity index (χ4n) is 3.62. The Morgan fingerprint density at radius 1 is 0.829 bits per heavy atom. The van der Waals surface area contributed by atoms with Crippen molar-refractivity contribution < 1.29 is 40.5 Å². The van der Waals surface area contributed by atoms with Gasteiger partial charge in [-0.25, -0.2) is 9.97 Å². The van der Waals surface area contributed by atoms with Gasteiger partial charge >= 0.3 is 12.7 Å². The van der Waals surface area contributed by atoms with E-state index in [0.29, 0.717) is 13.2 Å². The van der Waals surface area contributed by atoms with E-state index in [1.54, 1.807) is 32.0 Å². The predicted molar refractivity (Wildman–Crippen MR) is 145 cm³/mol. The number of fused-ring (bicyclic) bond motifs is 1. The Balaban J connectivity index is 1.73. The van der Waals surface area contributed by atoms with Gasteiger partial charge in [0.25, 0.3) is 15.9 Å². The van der Waals surface area contributed by atoms with E-state index >= 15 is 0 Å². The lowest BCUT2D eigenvalue weighted by molar-refractivity contribution is -0.242. The number of benzene rings is 3. The fourth-order valence-corrected chi connectivity index (χ4v) is 5.00. The summed E-state index contributed by atoms with van der Waals surface area (Å²) in [5.41, 5.74) is 0.0325. The molecule has 218 valence electrons. The van der Waals surface area contributed by atoms with E-state index in [1.165, 1.54) is 48.5 Å². The highest BCUT2D eigenvalue weighted by Crippen LogP contribution is 2.41. The molecule has 4 aromatic rings. The van der Waals surface area contributed by atoms with Crippen LogP contribution in [0.15, 0.2) is 83.8 Å². The molecule has 4 rings (SSSR count). The molecule has 9 nitrogen and oxygen atoms in total. The van der Waals surface area contributed by atoms with E-state index in [-0.39, 0.29) is 31.1 Å². The molecule has 1 atom stereocenters. The standard InChI is InChI=1S/C27H25ClF3N3O6S/c1-3-37-26(38-4-2)39-19-16-14-18(15-17-19)23(27(29,30)31)40-25-24(32-21-12-8-9-13-22(21)33-25)34(28)41(35,36)20-10-6-5-7-11-20/h5-17,23,26H,3-4H2,1-2H3. The third-order valence-electron chi connectivity index (χ3n) is 5.49. The largest absolute Gasteiger partial charge is 0.457 e. The zero-order valence-electron chi connectivity index (χ0n) is 21.8. The molecule has 1 heterocycles. The van der Waals surface area contributed by atoms with Gasteiger partial charge in [-0.05, 0) is 50.2 Å². The van der Waals surface area contributed by atoms with Crippen LogP contribution in [0, 0.1) is 0 Å². The fraction of sp³-hybridized carbons (Fsp3) is 0.259. The number of anilines is 1. The van der Waals surface area contributed by atoms with E-state index in [0.717, 1.165) is 12.1 Å². The molecule has 0 amide bonds. The van der Waals surface area contributed by atoms with Gasteiger partial charge in [0, 0.05) is 17.3 Å². The molecule has 0 bridgehead atoms. The van der Waals surface area contributed by atoms with Crippen LogP contribution in [0.4, 0.5) is 19.0 Å². The number of hydrogen-bond acceptors (Lipinski definition) is 8. The van der Waals surface area contributed by atoms with E-state index in [2.05, 4.69) is 9.97 Å². The number of para-hydroxylation sites is 2. The number of ether oxygens (including phenoxy) is 4. The number of sulfonamides is 1. The Morgan fingerprint density at radius 3 is 1.95 bits per heavy atom. The average Bonchev–Trinajstić information content (AvgIpc) is 2.95. The van der Waals surface area contributed by atoms with E-state index in [9.17, 15) is 21.6 Å². The number of hydrogen-bond donors (Lipinski definition) is 0. The van der Waals surface area contributed by atoms with Gasteiger partial charge in [0.2, 0.25) is 11.9 Å². The SMILES string of the molecule is CCOC(OCC)Oc1ccc(C(Oc2nc3ccccc3nc2N(Cl)S(=O)(=O)c2ccccc2)C(F)(F)F)cc1. The normalized spacial score (nSPS) is 12.9. The molecule has 1 aromatic heterocycles. The third-order valence-corrected chi connectivity index (χ3v) is 7.66. The molecule has 0 aliphatic heterocycles. The number of halogens is 4. The summed E-state index contributed by atoms with van der Waals surface area (Å²) in [7, 11) is -4.45. The van der Waals surface area contributed by atoms with Gasteiger partial charge in [0.15, 0.2) is 0 Å². The molecule has 3 aromatic carbocycles. The molecule has 0 spiro atoms. The highest BCUT2D eigenvalue weighted by Gasteiger charge is 2.44. The predicted octanol–water partition coefficient (Wildman–Crippen LogP) is 6.40. The van der Waals surface area contributed by atoms with Gasteiger partial charge in [-0.15, -0.1) is 0 Å². The summed E-state index contributed by atoms with van der Waals surface area (Å²) in [5, 5.41) is 0. The van der Waals surface area contributed by atoms with Crippen LogP contribution >= 0.6 is 11.8 Å². The van der Waals surface area contributed by atoms with Crippen molar-refractivity contribution in [1.82, 2.24) is 9.97 Å². The van der Waals surface area contributed by atoms with Crippen LogP contribution in [0.5, 0.6) is 11.6 Å². The van der Waals surface area contributed by atoms with E-state index in [4.69, 9.17) is 30.7 Å². The minimum absolute atomic E-state index is 0.163. The number of rotatable bonds is 12. The summed E-state index contributed by atoms with van der Waals surface area (Å²) in [4.78, 5) is 8.12. The molecule has 1 unspecified atom stereocenters. The summed E-state index contributed by atoms with van der Waals surface area (Å²) in [6.07, 6.45) is -7.51. The Morgan fingerprint density at radius 2 is 1.39 bits per heavy atom. The van der Waals surface area contributed by atoms with Crippen LogP contribution in [0.25, 0.3) is 11.0 Å². The maximum Gasteiger partial charge on any atom is 0.429 e. The first-order valence-electron chi connectivity index (χ1n) is 12.3. The molecule has 0 radical (unpaired) electrons. The minimum atomic E-state index is -4.94. The quantitative estimate of drug-likeness (QED) is 0.134. The molecule has 0 N–H and O–H groups in total. The van der Waals surface area contributed by atoms with Crippen molar-refractivity contribution >= 4 is 38.7 Å². The lowest BCUT2D eigenvalue weighted by atomic mass is 10.1. The van der Waals surface area contributed by atoms with Gasteiger partial charge in [-0.3, -0.25) is 0 Å². The van der Waals surface area contributed by atoms with Crippen molar-refractivity contribution in [1.29, 1.82) is 0 Å². The molecular formula is C27H25ClF3N3O6S. The first-order chi connectivity index (χ1) is 19.5. The second-order valence-electron chi connectivity index (χ2n) is 8.30. The number of alkyl halides is 3. The first kappa shape index (κ1) is 30.3. The van der Waals surface area contributed by atoms with Crippen LogP contribution in [0.2, 0.25) is 0 Å². The van der Waals surface area contributed by atoms with E-state index < -0.39 is 40.5 Å². The highest BCUT2D eigenvalue weighted by atomic mass is 35.5. The Bertz CT molecular complexity index is 1550. The second kappa shape index (κ2) is 12.9. The zero-order chi connectivity index (χ0) is 29.6. The van der Waals surface area contributed by atoms with Crippen LogP contribution < -0.4 is 13.3 Å². The Hall–Kier alpha value is -3.65. The summed E-state index contributed by atoms with van der Waals surface area (Å²) >= 11 is 6.24. The van der Waals surface area contributed by atoms with Crippen molar-refractivity contribution in [2.45, 2.75) is 37.5 Å². The van der Waals surface area contributed by atoms with E-state index in [1.807, 2.05) is 0 Å². The monoisotopic (exact) mass is 611 g/mol. The average molecular weight is 612 g/mol. The zero-order valence-corrected chi connectivity index (χ0v) is 23.4. The third kappa shape index (κ3) is 7.17. The van der Waals surface area contributed by atoms with Gasteiger partial charge in [0.05, 0.1) is 29.1 Å². The topological polar surface area (TPSA) is 100 Å². The van der Waals surface area contributed by atoms with Crippen LogP contribution in [0.3, 0.4) is 0 Å². The summed E-state index contributed by atoms with van der Waals surface area (Å²) in [6, 6.07) is 18.2. The van der Waals surface area contributed by atoms with Crippen LogP contribution in [0.1, 0.15) is 25.5 Å². The highest BCUT2D eigenvalue weighted by molar-refractivity contribution is 7.94. The first-order valence-corrected chi connectivity index (χ1v) is 14.1. The van der Waals surface area contributed by atoms with Gasteiger partial charge in [-0.2, -0.15) is 25.4 Å². The summed E-state index contributed by atoms with van der Waals surface area (Å²) < 4.78 is 91.2. The Kier molecular flexibility index (Phi) is 9.53. The summed E-state index contributed by atoms with van der Waals surface area (Å²) in [6.45, 7) is 3.02. The van der Waals surface area contributed by atoms with Crippen molar-refractivity contribution in [3.05, 3.63) is 84.4 Å². The molecule has 14 heteroatoms. The maximum atomic E-state index is 14.3. The second-order valence-corrected chi connectivity index (χ2v) is 10.6. The summed E-state index contributed by atoms with van der Waals surface area (Å²) in [5.74, 6) is -1.19. The van der Waals surface area contributed by atoms with Gasteiger partial charge in [-0.1, -0.05) is 42.5 Å². The molecule has 0 aliphatic carbocycles. The molecule has 0 saturated heterocycles. The number of aromatic nitrogens is 2. The smallest absolute Gasteiger partial charge is 0.429 e. The molecule has 0 fully saturated rings. The van der Waals surface area contributed by atoms with Crippen LogP contribution in [-0.2, 0) is 19.5 Å². The molecule has 0 aliphatic rings. The van der Waals surface area contributed by atoms with Gasteiger partial charge in [0.1, 0.15) is 5.75 Å². The lowest BCUT2D eigenvalue weighted by Gasteiger charge is -2.24. The van der Waals surface area contributed by atoms with Crippen molar-refractivity contribution in [2.24, 2.45) is 0 Å². The Labute approximate surface area is 239 Å².